The molecule has 2 saturated carbocycles. The van der Waals surface area contributed by atoms with Gasteiger partial charge >= 0.3 is 12.2 Å². The number of primary amides is 2. The van der Waals surface area contributed by atoms with Crippen LogP contribution in [0.1, 0.15) is 127 Å². The first-order valence-corrected chi connectivity index (χ1v) is 24.0. The molecule has 6 amide bonds. The molecule has 3 aromatic rings. The summed E-state index contributed by atoms with van der Waals surface area (Å²) in [6, 6.07) is 22.6. The number of benzene rings is 3. The van der Waals surface area contributed by atoms with Crippen LogP contribution in [-0.4, -0.2) is 92.1 Å². The van der Waals surface area contributed by atoms with Gasteiger partial charge in [0, 0.05) is 65.6 Å². The van der Waals surface area contributed by atoms with E-state index in [1.807, 2.05) is 62.4 Å². The van der Waals surface area contributed by atoms with Crippen LogP contribution >= 0.6 is 0 Å². The van der Waals surface area contributed by atoms with Crippen molar-refractivity contribution in [2.45, 2.75) is 162 Å². The van der Waals surface area contributed by atoms with Gasteiger partial charge < -0.3 is 26.6 Å². The fourth-order valence-electron chi connectivity index (χ4n) is 15.7. The number of carbonyl (C=O) groups excluding carboxylic acids is 4. The van der Waals surface area contributed by atoms with Crippen LogP contribution in [0.15, 0.2) is 72.8 Å². The highest BCUT2D eigenvalue weighted by atomic mass is 16.4. The summed E-state index contributed by atoms with van der Waals surface area (Å²) in [5, 5.41) is 25.1. The fraction of sp³-hybridized carbons (Fsp3) is 0.538. The Bertz CT molecular complexity index is 2420. The SMILES string of the molecule is CC(C)(C)c1ccc(N2C(C3C4CCC(C4)N3[C@@]3(C(=O)NC(=O)O)c4ccc(cc4)[C@]3(C)CC(N)=O)CCC2C2C3CCC(C3)N2[C@@]2(C(=O)NC(=O)O)c3ccc(cc3)[C@]2(C)CC(N)=O)cc1. The molecule has 12 rings (SSSR count). The van der Waals surface area contributed by atoms with E-state index >= 15 is 9.59 Å². The third-order valence-electron chi connectivity index (χ3n) is 18.0. The van der Waals surface area contributed by atoms with Crippen LogP contribution in [-0.2, 0) is 46.5 Å². The van der Waals surface area contributed by atoms with Crippen LogP contribution in [0, 0.1) is 11.8 Å². The first kappa shape index (κ1) is 45.0. The van der Waals surface area contributed by atoms with Gasteiger partial charge in [-0.15, -0.1) is 0 Å². The zero-order chi connectivity index (χ0) is 47.7. The lowest BCUT2D eigenvalue weighted by molar-refractivity contribution is -0.149. The third-order valence-corrected chi connectivity index (χ3v) is 18.0. The summed E-state index contributed by atoms with van der Waals surface area (Å²) in [7, 11) is 0. The van der Waals surface area contributed by atoms with Gasteiger partial charge in [-0.1, -0.05) is 95.3 Å². The molecular weight excluding hydrogens is 851 g/mol. The second kappa shape index (κ2) is 15.4. The van der Waals surface area contributed by atoms with Gasteiger partial charge in [-0.3, -0.25) is 39.6 Å². The molecule has 5 fully saturated rings. The Hall–Kier alpha value is -5.80. The summed E-state index contributed by atoms with van der Waals surface area (Å²) >= 11 is 0. The van der Waals surface area contributed by atoms with Gasteiger partial charge in [-0.05, 0) is 109 Å². The second-order valence-electron chi connectivity index (χ2n) is 22.2. The second-order valence-corrected chi connectivity index (χ2v) is 22.2. The van der Waals surface area contributed by atoms with E-state index in [1.165, 1.54) is 0 Å². The molecule has 0 aromatic heterocycles. The van der Waals surface area contributed by atoms with Crippen LogP contribution in [0.2, 0.25) is 0 Å². The van der Waals surface area contributed by atoms with Gasteiger partial charge in [0.15, 0.2) is 0 Å². The van der Waals surface area contributed by atoms with E-state index in [1.54, 1.807) is 0 Å². The minimum atomic E-state index is -1.61. The van der Waals surface area contributed by atoms with E-state index in [0.717, 1.165) is 60.9 Å². The summed E-state index contributed by atoms with van der Waals surface area (Å²) in [6.07, 6.45) is 3.02. The van der Waals surface area contributed by atoms with E-state index < -0.39 is 57.7 Å². The minimum absolute atomic E-state index is 0.110. The highest BCUT2D eigenvalue weighted by Crippen LogP contribution is 2.64. The van der Waals surface area contributed by atoms with E-state index in [2.05, 4.69) is 70.4 Å². The summed E-state index contributed by atoms with van der Waals surface area (Å²) in [6.45, 7) is 10.3. The number of fused-ring (bicyclic) bond motifs is 10. The van der Waals surface area contributed by atoms with Gasteiger partial charge in [0.1, 0.15) is 11.1 Å². The van der Waals surface area contributed by atoms with Crippen LogP contribution in [0.4, 0.5) is 15.3 Å². The average molecular weight is 914 g/mol. The maximum Gasteiger partial charge on any atom is 0.411 e. The van der Waals surface area contributed by atoms with Gasteiger partial charge in [0.05, 0.1) is 0 Å². The number of anilines is 1. The Kier molecular flexibility index (Phi) is 10.3. The molecule has 8 N–H and O–H groups in total. The Balaban J connectivity index is 1.17. The molecule has 0 spiro atoms. The number of carboxylic acid groups (broad SMARTS) is 2. The molecule has 9 aliphatic rings. The number of likely N-dealkylation sites (tertiary alicyclic amines) is 2. The molecule has 15 heteroatoms. The molecule has 6 aliphatic carbocycles. The molecule has 3 saturated heterocycles. The van der Waals surface area contributed by atoms with Crippen molar-refractivity contribution >= 4 is 41.5 Å². The number of piperidine rings is 2. The summed E-state index contributed by atoms with van der Waals surface area (Å²) in [5.74, 6) is -2.37. The zero-order valence-corrected chi connectivity index (χ0v) is 39.0. The van der Waals surface area contributed by atoms with Crippen LogP contribution < -0.4 is 27.0 Å². The van der Waals surface area contributed by atoms with Gasteiger partial charge in [-0.2, -0.15) is 0 Å². The number of nitrogens with two attached hydrogens (primary N) is 2. The van der Waals surface area contributed by atoms with Crippen molar-refractivity contribution in [1.82, 2.24) is 20.4 Å². The van der Waals surface area contributed by atoms with Crippen molar-refractivity contribution in [2.24, 2.45) is 23.3 Å². The molecule has 3 aromatic carbocycles. The van der Waals surface area contributed by atoms with Crippen LogP contribution in [0.5, 0.6) is 0 Å². The summed E-state index contributed by atoms with van der Waals surface area (Å²) < 4.78 is 0. The van der Waals surface area contributed by atoms with Crippen molar-refractivity contribution in [3.05, 3.63) is 101 Å². The number of hydrogen-bond acceptors (Lipinski definition) is 9. The molecule has 15 nitrogen and oxygen atoms in total. The predicted octanol–water partition coefficient (Wildman–Crippen LogP) is 5.70. The van der Waals surface area contributed by atoms with E-state index in [4.69, 9.17) is 11.5 Å². The van der Waals surface area contributed by atoms with Gasteiger partial charge in [0.2, 0.25) is 11.8 Å². The number of nitrogens with one attached hydrogen (secondary N) is 2. The third kappa shape index (κ3) is 6.21. The summed E-state index contributed by atoms with van der Waals surface area (Å²) in [4.78, 5) is 89.2. The first-order chi connectivity index (χ1) is 31.7. The van der Waals surface area contributed by atoms with E-state index in [-0.39, 0.29) is 66.3 Å². The number of carbonyl (C=O) groups is 6. The Labute approximate surface area is 391 Å². The standard InChI is InChI=1S/C52H63N7O8/c1-48(2,3)30-16-20-35(21-17-30)57-38(42-28-6-18-36(24-28)58(42)51(44(62)55-46(64)65)33-12-8-31(9-13-33)49(51,4)26-40(53)60)22-23-39(57)43-29-7-19-37(25-29)59(43)52(45(63)56-47(66)67)34-14-10-32(11-15-34)50(52,5)27-41(54)61/h8-17,20-21,28-29,36-39,42-43H,6-7,18-19,22-27H2,1-5H3,(H2,53,60)(H2,54,61)(H,55,62)(H,56,63)(H,64,65)(H,66,67)/t28?,29?,36?,37?,38?,39?,42?,43?,49-,50-,51+,52+/m0/s1. The van der Waals surface area contributed by atoms with Crippen molar-refractivity contribution in [1.29, 1.82) is 0 Å². The highest BCUT2D eigenvalue weighted by molar-refractivity contribution is 6.01. The number of imide groups is 2. The zero-order valence-electron chi connectivity index (χ0n) is 39.0. The van der Waals surface area contributed by atoms with Gasteiger partial charge in [-0.25, -0.2) is 9.59 Å². The summed E-state index contributed by atoms with van der Waals surface area (Å²) in [5.41, 5.74) is 11.1. The molecule has 12 atom stereocenters. The van der Waals surface area contributed by atoms with Crippen molar-refractivity contribution < 1.29 is 39.0 Å². The molecule has 0 radical (unpaired) electrons. The van der Waals surface area contributed by atoms with Crippen molar-refractivity contribution in [3.8, 4) is 0 Å². The smallest absolute Gasteiger partial charge is 0.411 e. The number of hydrogen-bond donors (Lipinski definition) is 6. The topological polar surface area (TPSA) is 229 Å². The Morgan fingerprint density at radius 1 is 0.582 bits per heavy atom. The Morgan fingerprint density at radius 3 is 1.30 bits per heavy atom. The average Bonchev–Trinajstić information content (AvgIpc) is 4.11. The number of nitrogens with zero attached hydrogens (tertiary/aromatic N) is 3. The van der Waals surface area contributed by atoms with E-state index in [0.29, 0.717) is 24.0 Å². The van der Waals surface area contributed by atoms with Crippen LogP contribution in [0.25, 0.3) is 0 Å². The van der Waals surface area contributed by atoms with Crippen molar-refractivity contribution in [3.63, 3.8) is 0 Å². The maximum absolute atomic E-state index is 15.2. The molecule has 67 heavy (non-hydrogen) atoms. The minimum Gasteiger partial charge on any atom is -0.465 e. The molecule has 354 valence electrons. The molecule has 8 bridgehead atoms. The quantitative estimate of drug-likeness (QED) is 0.137. The number of rotatable bonds is 11. The number of amides is 6. The molecule has 3 heterocycles. The monoisotopic (exact) mass is 913 g/mol. The first-order valence-electron chi connectivity index (χ1n) is 24.0. The predicted molar refractivity (Wildman–Crippen MR) is 249 cm³/mol. The largest absolute Gasteiger partial charge is 0.465 e. The van der Waals surface area contributed by atoms with Crippen LogP contribution in [0.3, 0.4) is 0 Å². The molecular formula is C52H63N7O8. The maximum atomic E-state index is 15.2. The normalized spacial score (nSPS) is 35.9. The lowest BCUT2D eigenvalue weighted by Gasteiger charge is -2.61. The lowest BCUT2D eigenvalue weighted by atomic mass is 9.55. The fourth-order valence-corrected chi connectivity index (χ4v) is 15.7. The Morgan fingerprint density at radius 2 is 0.955 bits per heavy atom. The lowest BCUT2D eigenvalue weighted by Crippen LogP contribution is -2.74. The van der Waals surface area contributed by atoms with E-state index in [9.17, 15) is 29.4 Å². The van der Waals surface area contributed by atoms with Crippen molar-refractivity contribution in [2.75, 3.05) is 4.90 Å². The molecule has 3 aliphatic heterocycles. The van der Waals surface area contributed by atoms with Gasteiger partial charge in [0.25, 0.3) is 11.8 Å². The molecule has 8 unspecified atom stereocenters. The highest BCUT2D eigenvalue weighted by Gasteiger charge is 2.72.